The average molecular weight is 207 g/mol. The second-order valence-electron chi connectivity index (χ2n) is 2.49. The molecule has 0 fully saturated rings. The maximum absolute atomic E-state index is 10.1. The number of urea groups is 1. The van der Waals surface area contributed by atoms with Gasteiger partial charge in [-0.25, -0.2) is 10.2 Å². The van der Waals surface area contributed by atoms with Crippen LogP contribution in [0.2, 0.25) is 0 Å². The van der Waals surface area contributed by atoms with Crippen molar-refractivity contribution in [2.75, 3.05) is 6.61 Å². The summed E-state index contributed by atoms with van der Waals surface area (Å²) in [7, 11) is 0. The summed E-state index contributed by atoms with van der Waals surface area (Å²) >= 11 is 0. The molecule has 8 heteroatoms. The third kappa shape index (κ3) is 4.72. The largest absolute Gasteiger partial charge is 0.394 e. The Morgan fingerprint density at radius 2 is 2.07 bits per heavy atom. The van der Waals surface area contributed by atoms with Gasteiger partial charge in [0.25, 0.3) is 0 Å². The third-order valence-corrected chi connectivity index (χ3v) is 1.33. The van der Waals surface area contributed by atoms with Crippen LogP contribution in [0.1, 0.15) is 0 Å². The van der Waals surface area contributed by atoms with Crippen molar-refractivity contribution in [1.82, 2.24) is 5.43 Å². The Labute approximate surface area is 79.7 Å². The van der Waals surface area contributed by atoms with E-state index < -0.39 is 30.9 Å². The molecule has 0 aliphatic heterocycles. The molecule has 0 aliphatic carbocycles. The lowest BCUT2D eigenvalue weighted by molar-refractivity contribution is -0.0542. The summed E-state index contributed by atoms with van der Waals surface area (Å²) in [4.78, 5) is 10.1. The predicted molar refractivity (Wildman–Crippen MR) is 46.3 cm³/mol. The Kier molecular flexibility index (Phi) is 5.72. The molecular weight excluding hydrogens is 194 g/mol. The standard InChI is InChI=1S/C6H13N3O5/c7-6(14)9-8-1-3(11)5(13)4(12)2-10/h1,3-5,10-13H,2H2,(H3,7,9,14)/b8-1+/t3-,4+,5+/m0/s1. The monoisotopic (exact) mass is 207 g/mol. The molecule has 0 aromatic rings. The lowest BCUT2D eigenvalue weighted by Crippen LogP contribution is -2.40. The van der Waals surface area contributed by atoms with Gasteiger partial charge in [0, 0.05) is 0 Å². The summed E-state index contributed by atoms with van der Waals surface area (Å²) in [5, 5.41) is 38.6. The number of aliphatic hydroxyl groups is 4. The van der Waals surface area contributed by atoms with E-state index in [0.29, 0.717) is 0 Å². The smallest absolute Gasteiger partial charge is 0.332 e. The van der Waals surface area contributed by atoms with Crippen LogP contribution in [-0.2, 0) is 0 Å². The first-order valence-electron chi connectivity index (χ1n) is 3.72. The van der Waals surface area contributed by atoms with Gasteiger partial charge in [-0.15, -0.1) is 0 Å². The molecule has 3 atom stereocenters. The van der Waals surface area contributed by atoms with Gasteiger partial charge in [0.2, 0.25) is 0 Å². The molecule has 0 saturated heterocycles. The quantitative estimate of drug-likeness (QED) is 0.206. The Morgan fingerprint density at radius 3 is 2.50 bits per heavy atom. The van der Waals surface area contributed by atoms with E-state index in [4.69, 9.17) is 20.4 Å². The number of carbonyl (C=O) groups excluding carboxylic acids is 1. The molecule has 0 saturated carbocycles. The van der Waals surface area contributed by atoms with Crippen molar-refractivity contribution in [2.45, 2.75) is 18.3 Å². The van der Waals surface area contributed by atoms with Crippen LogP contribution in [0, 0.1) is 0 Å². The number of nitrogens with two attached hydrogens (primary N) is 1. The number of amides is 2. The summed E-state index contributed by atoms with van der Waals surface area (Å²) in [5.74, 6) is 0. The predicted octanol–water partition coefficient (Wildman–Crippen LogP) is -3.28. The lowest BCUT2D eigenvalue weighted by Gasteiger charge is -2.17. The Hall–Kier alpha value is -1.22. The first-order chi connectivity index (χ1) is 6.49. The highest BCUT2D eigenvalue weighted by Gasteiger charge is 2.22. The summed E-state index contributed by atoms with van der Waals surface area (Å²) in [6.07, 6.45) is -3.80. The number of nitrogens with zero attached hydrogens (tertiary/aromatic N) is 1. The van der Waals surface area contributed by atoms with Gasteiger partial charge in [-0.2, -0.15) is 5.10 Å². The van der Waals surface area contributed by atoms with Crippen molar-refractivity contribution in [3.8, 4) is 0 Å². The molecular formula is C6H13N3O5. The molecule has 2 amide bonds. The number of rotatable bonds is 5. The number of hydrogen-bond acceptors (Lipinski definition) is 6. The van der Waals surface area contributed by atoms with Crippen LogP contribution in [0.15, 0.2) is 5.10 Å². The van der Waals surface area contributed by atoms with E-state index in [1.54, 1.807) is 5.43 Å². The lowest BCUT2D eigenvalue weighted by atomic mass is 10.1. The Bertz CT molecular complexity index is 210. The molecule has 14 heavy (non-hydrogen) atoms. The zero-order valence-electron chi connectivity index (χ0n) is 7.24. The fraction of sp³-hybridized carbons (Fsp3) is 0.667. The van der Waals surface area contributed by atoms with Gasteiger partial charge >= 0.3 is 6.03 Å². The van der Waals surface area contributed by atoms with Crippen molar-refractivity contribution in [3.63, 3.8) is 0 Å². The van der Waals surface area contributed by atoms with Crippen LogP contribution in [0.3, 0.4) is 0 Å². The third-order valence-electron chi connectivity index (χ3n) is 1.33. The van der Waals surface area contributed by atoms with Gasteiger partial charge in [0.05, 0.1) is 12.8 Å². The van der Waals surface area contributed by atoms with Gasteiger partial charge in [-0.05, 0) is 0 Å². The van der Waals surface area contributed by atoms with Gasteiger partial charge in [0.1, 0.15) is 18.3 Å². The van der Waals surface area contributed by atoms with Crippen LogP contribution in [0.5, 0.6) is 0 Å². The molecule has 7 N–H and O–H groups in total. The topological polar surface area (TPSA) is 148 Å². The summed E-state index contributed by atoms with van der Waals surface area (Å²) in [5.41, 5.74) is 6.42. The van der Waals surface area contributed by atoms with Crippen LogP contribution in [0.4, 0.5) is 4.79 Å². The van der Waals surface area contributed by atoms with E-state index in [2.05, 4.69) is 10.8 Å². The number of aliphatic hydroxyl groups excluding tert-OH is 4. The first kappa shape index (κ1) is 12.8. The maximum Gasteiger partial charge on any atom is 0.332 e. The highest BCUT2D eigenvalue weighted by Crippen LogP contribution is 1.97. The molecule has 0 unspecified atom stereocenters. The van der Waals surface area contributed by atoms with Crippen molar-refractivity contribution in [1.29, 1.82) is 0 Å². The zero-order valence-corrected chi connectivity index (χ0v) is 7.24. The minimum Gasteiger partial charge on any atom is -0.394 e. The van der Waals surface area contributed by atoms with Crippen LogP contribution in [-0.4, -0.2) is 57.6 Å². The average Bonchev–Trinajstić information content (AvgIpc) is 2.14. The maximum atomic E-state index is 10.1. The molecule has 0 aromatic carbocycles. The summed E-state index contributed by atoms with van der Waals surface area (Å²) in [6.45, 7) is -0.699. The molecule has 0 bridgehead atoms. The molecule has 0 aromatic heterocycles. The molecule has 8 nitrogen and oxygen atoms in total. The zero-order chi connectivity index (χ0) is 11.1. The number of carbonyl (C=O) groups is 1. The molecule has 0 aliphatic rings. The van der Waals surface area contributed by atoms with Crippen LogP contribution in [0.25, 0.3) is 0 Å². The molecule has 0 rings (SSSR count). The molecule has 82 valence electrons. The second-order valence-corrected chi connectivity index (χ2v) is 2.49. The van der Waals surface area contributed by atoms with E-state index in [-0.39, 0.29) is 0 Å². The Balaban J connectivity index is 3.99. The molecule has 0 heterocycles. The van der Waals surface area contributed by atoms with E-state index >= 15 is 0 Å². The summed E-state index contributed by atoms with van der Waals surface area (Å²) < 4.78 is 0. The van der Waals surface area contributed by atoms with Crippen LogP contribution < -0.4 is 11.2 Å². The highest BCUT2D eigenvalue weighted by atomic mass is 16.4. The van der Waals surface area contributed by atoms with E-state index in [1.807, 2.05) is 0 Å². The van der Waals surface area contributed by atoms with Crippen LogP contribution >= 0.6 is 0 Å². The Morgan fingerprint density at radius 1 is 1.50 bits per heavy atom. The first-order valence-corrected chi connectivity index (χ1v) is 3.72. The second kappa shape index (κ2) is 6.27. The van der Waals surface area contributed by atoms with Gasteiger partial charge in [0.15, 0.2) is 0 Å². The number of hydrazone groups is 1. The minimum atomic E-state index is -1.58. The number of nitrogens with one attached hydrogen (secondary N) is 1. The SMILES string of the molecule is NC(=O)N/N=C/[C@H](O)[C@@H](O)[C@H](O)CO. The number of hydrogen-bond donors (Lipinski definition) is 6. The normalized spacial score (nSPS) is 17.7. The highest BCUT2D eigenvalue weighted by molar-refractivity contribution is 5.73. The van der Waals surface area contributed by atoms with E-state index in [9.17, 15) is 4.79 Å². The molecule has 0 spiro atoms. The number of primary amides is 1. The van der Waals surface area contributed by atoms with Gasteiger partial charge in [-0.3, -0.25) is 0 Å². The van der Waals surface area contributed by atoms with Crippen molar-refractivity contribution >= 4 is 12.2 Å². The fourth-order valence-electron chi connectivity index (χ4n) is 0.601. The van der Waals surface area contributed by atoms with Crippen molar-refractivity contribution in [3.05, 3.63) is 0 Å². The minimum absolute atomic E-state index is 0.699. The van der Waals surface area contributed by atoms with Crippen molar-refractivity contribution < 1.29 is 25.2 Å². The van der Waals surface area contributed by atoms with Gasteiger partial charge in [-0.1, -0.05) is 0 Å². The fourth-order valence-corrected chi connectivity index (χ4v) is 0.601. The van der Waals surface area contributed by atoms with Gasteiger partial charge < -0.3 is 26.2 Å². The molecule has 0 radical (unpaired) electrons. The van der Waals surface area contributed by atoms with E-state index in [0.717, 1.165) is 6.21 Å². The van der Waals surface area contributed by atoms with Crippen molar-refractivity contribution in [2.24, 2.45) is 10.8 Å². The van der Waals surface area contributed by atoms with E-state index in [1.165, 1.54) is 0 Å². The summed E-state index contributed by atoms with van der Waals surface area (Å²) in [6, 6.07) is -0.925.